The number of anilines is 1. The molecule has 1 N–H and O–H groups in total. The molecule has 1 amide bonds. The Morgan fingerprint density at radius 1 is 1.17 bits per heavy atom. The summed E-state index contributed by atoms with van der Waals surface area (Å²) in [4.78, 5) is 20.4. The van der Waals surface area contributed by atoms with Crippen molar-refractivity contribution in [3.63, 3.8) is 0 Å². The minimum Gasteiger partial charge on any atom is -0.380 e. The van der Waals surface area contributed by atoms with Crippen LogP contribution in [0.25, 0.3) is 0 Å². The van der Waals surface area contributed by atoms with E-state index in [0.717, 1.165) is 24.5 Å². The predicted molar refractivity (Wildman–Crippen MR) is 81.4 cm³/mol. The highest BCUT2D eigenvalue weighted by Gasteiger charge is 2.35. The average molecular weight is 336 g/mol. The highest BCUT2D eigenvalue weighted by atomic mass is 19.4. The lowest BCUT2D eigenvalue weighted by atomic mass is 10.2. The number of halogens is 3. The van der Waals surface area contributed by atoms with E-state index in [1.807, 2.05) is 30.3 Å². The molecule has 3 rings (SSSR count). The van der Waals surface area contributed by atoms with Gasteiger partial charge in [-0.1, -0.05) is 18.2 Å². The van der Waals surface area contributed by atoms with Gasteiger partial charge in [-0.15, -0.1) is 0 Å². The van der Waals surface area contributed by atoms with E-state index in [1.54, 1.807) is 4.90 Å². The van der Waals surface area contributed by atoms with E-state index in [1.165, 1.54) is 0 Å². The number of benzene rings is 1. The summed E-state index contributed by atoms with van der Waals surface area (Å²) >= 11 is 0. The lowest BCUT2D eigenvalue weighted by Crippen LogP contribution is -2.31. The summed E-state index contributed by atoms with van der Waals surface area (Å²) in [6.07, 6.45) is -1.99. The Bertz CT molecular complexity index is 704. The van der Waals surface area contributed by atoms with Crippen LogP contribution < -0.4 is 5.32 Å². The Balaban J connectivity index is 1.62. The summed E-state index contributed by atoms with van der Waals surface area (Å²) < 4.78 is 37.4. The van der Waals surface area contributed by atoms with Crippen LogP contribution in [0.1, 0.15) is 22.6 Å². The Morgan fingerprint density at radius 3 is 2.46 bits per heavy atom. The standard InChI is InChI=1S/C16H15F3N4O/c17-16(18,19)15-20-8-11(9-21-15)14(24)23-7-6-13(10-23)22-12-4-2-1-3-5-12/h1-5,8-9,13,22H,6-7,10H2. The average Bonchev–Trinajstić information content (AvgIpc) is 3.03. The van der Waals surface area contributed by atoms with Gasteiger partial charge in [0, 0.05) is 37.2 Å². The Morgan fingerprint density at radius 2 is 1.83 bits per heavy atom. The number of rotatable bonds is 3. The molecule has 1 aliphatic heterocycles. The third-order valence-corrected chi connectivity index (χ3v) is 3.77. The molecule has 1 fully saturated rings. The maximum absolute atomic E-state index is 12.5. The zero-order valence-corrected chi connectivity index (χ0v) is 12.6. The lowest BCUT2D eigenvalue weighted by molar-refractivity contribution is -0.145. The van der Waals surface area contributed by atoms with Crippen molar-refractivity contribution in [1.82, 2.24) is 14.9 Å². The van der Waals surface area contributed by atoms with Gasteiger partial charge in [0.2, 0.25) is 5.82 Å². The summed E-state index contributed by atoms with van der Waals surface area (Å²) in [5.74, 6) is -1.61. The van der Waals surface area contributed by atoms with Crippen molar-refractivity contribution in [3.8, 4) is 0 Å². The zero-order chi connectivity index (χ0) is 17.2. The minimum atomic E-state index is -4.61. The van der Waals surface area contributed by atoms with Gasteiger partial charge in [0.15, 0.2) is 0 Å². The molecule has 0 aliphatic carbocycles. The third kappa shape index (κ3) is 3.64. The lowest BCUT2D eigenvalue weighted by Gasteiger charge is -2.17. The number of hydrogen-bond donors (Lipinski definition) is 1. The maximum Gasteiger partial charge on any atom is 0.451 e. The normalized spacial score (nSPS) is 17.8. The van der Waals surface area contributed by atoms with Crippen LogP contribution in [0.5, 0.6) is 0 Å². The van der Waals surface area contributed by atoms with Crippen molar-refractivity contribution in [2.24, 2.45) is 0 Å². The number of nitrogens with zero attached hydrogens (tertiary/aromatic N) is 3. The minimum absolute atomic E-state index is 0.0587. The monoisotopic (exact) mass is 336 g/mol. The fourth-order valence-corrected chi connectivity index (χ4v) is 2.60. The molecule has 1 aliphatic rings. The summed E-state index contributed by atoms with van der Waals surface area (Å²) in [5.41, 5.74) is 1.03. The first-order valence-electron chi connectivity index (χ1n) is 7.43. The molecule has 8 heteroatoms. The molecular formula is C16H15F3N4O. The van der Waals surface area contributed by atoms with E-state index >= 15 is 0 Å². The van der Waals surface area contributed by atoms with Gasteiger partial charge in [-0.2, -0.15) is 13.2 Å². The van der Waals surface area contributed by atoms with E-state index < -0.39 is 12.0 Å². The molecule has 1 atom stereocenters. The Kier molecular flexibility index (Phi) is 4.37. The van der Waals surface area contributed by atoms with Crippen LogP contribution >= 0.6 is 0 Å². The zero-order valence-electron chi connectivity index (χ0n) is 12.6. The van der Waals surface area contributed by atoms with Gasteiger partial charge in [0.05, 0.1) is 5.56 Å². The van der Waals surface area contributed by atoms with Gasteiger partial charge in [-0.05, 0) is 18.6 Å². The second-order valence-corrected chi connectivity index (χ2v) is 5.54. The van der Waals surface area contributed by atoms with E-state index in [9.17, 15) is 18.0 Å². The van der Waals surface area contributed by atoms with Crippen molar-refractivity contribution in [1.29, 1.82) is 0 Å². The molecule has 24 heavy (non-hydrogen) atoms. The topological polar surface area (TPSA) is 58.1 Å². The van der Waals surface area contributed by atoms with Crippen LogP contribution in [0.4, 0.5) is 18.9 Å². The molecule has 1 unspecified atom stereocenters. The number of nitrogens with one attached hydrogen (secondary N) is 1. The fraction of sp³-hybridized carbons (Fsp3) is 0.312. The van der Waals surface area contributed by atoms with Gasteiger partial charge in [-0.3, -0.25) is 4.79 Å². The van der Waals surface area contributed by atoms with Gasteiger partial charge in [0.25, 0.3) is 5.91 Å². The molecule has 1 aromatic heterocycles. The molecule has 2 aromatic rings. The predicted octanol–water partition coefficient (Wildman–Crippen LogP) is 2.82. The maximum atomic E-state index is 12.5. The summed E-state index contributed by atoms with van der Waals surface area (Å²) in [5, 5.41) is 3.33. The van der Waals surface area contributed by atoms with Crippen molar-refractivity contribution in [2.45, 2.75) is 18.6 Å². The Hall–Kier alpha value is -2.64. The largest absolute Gasteiger partial charge is 0.451 e. The van der Waals surface area contributed by atoms with E-state index in [0.29, 0.717) is 13.1 Å². The molecule has 2 heterocycles. The first-order valence-corrected chi connectivity index (χ1v) is 7.43. The number of carbonyl (C=O) groups excluding carboxylic acids is 1. The van der Waals surface area contributed by atoms with E-state index in [2.05, 4.69) is 15.3 Å². The van der Waals surface area contributed by atoms with Crippen molar-refractivity contribution in [3.05, 3.63) is 54.1 Å². The summed E-state index contributed by atoms with van der Waals surface area (Å²) in [7, 11) is 0. The molecule has 0 radical (unpaired) electrons. The van der Waals surface area contributed by atoms with Crippen molar-refractivity contribution in [2.75, 3.05) is 18.4 Å². The van der Waals surface area contributed by atoms with E-state index in [4.69, 9.17) is 0 Å². The molecule has 1 saturated heterocycles. The molecule has 126 valence electrons. The van der Waals surface area contributed by atoms with Crippen LogP contribution in [0.2, 0.25) is 0 Å². The number of aromatic nitrogens is 2. The Labute approximate surface area is 136 Å². The number of alkyl halides is 3. The van der Waals surface area contributed by atoms with Gasteiger partial charge >= 0.3 is 6.18 Å². The number of amides is 1. The number of carbonyl (C=O) groups is 1. The molecule has 0 spiro atoms. The molecule has 1 aromatic carbocycles. The van der Waals surface area contributed by atoms with Crippen LogP contribution in [-0.4, -0.2) is 39.9 Å². The first kappa shape index (κ1) is 16.2. The third-order valence-electron chi connectivity index (χ3n) is 3.77. The van der Waals surface area contributed by atoms with Gasteiger partial charge < -0.3 is 10.2 Å². The SMILES string of the molecule is O=C(c1cnc(C(F)(F)F)nc1)N1CCC(Nc2ccccc2)C1. The van der Waals surface area contributed by atoms with Crippen LogP contribution in [-0.2, 0) is 6.18 Å². The smallest absolute Gasteiger partial charge is 0.380 e. The van der Waals surface area contributed by atoms with Gasteiger partial charge in [0.1, 0.15) is 0 Å². The van der Waals surface area contributed by atoms with Crippen LogP contribution in [0.3, 0.4) is 0 Å². The fourth-order valence-electron chi connectivity index (χ4n) is 2.60. The summed E-state index contributed by atoms with van der Waals surface area (Å²) in [6, 6.07) is 9.73. The second kappa shape index (κ2) is 6.46. The first-order chi connectivity index (χ1) is 11.4. The van der Waals surface area contributed by atoms with Crippen molar-refractivity contribution >= 4 is 11.6 Å². The van der Waals surface area contributed by atoms with Gasteiger partial charge in [-0.25, -0.2) is 9.97 Å². The summed E-state index contributed by atoms with van der Waals surface area (Å²) in [6.45, 7) is 1.01. The number of hydrogen-bond acceptors (Lipinski definition) is 4. The molecule has 0 saturated carbocycles. The number of para-hydroxylation sites is 1. The van der Waals surface area contributed by atoms with Crippen LogP contribution in [0.15, 0.2) is 42.7 Å². The molecule has 5 nitrogen and oxygen atoms in total. The van der Waals surface area contributed by atoms with Crippen molar-refractivity contribution < 1.29 is 18.0 Å². The highest BCUT2D eigenvalue weighted by Crippen LogP contribution is 2.25. The molecule has 0 bridgehead atoms. The second-order valence-electron chi connectivity index (χ2n) is 5.54. The quantitative estimate of drug-likeness (QED) is 0.936. The highest BCUT2D eigenvalue weighted by molar-refractivity contribution is 5.93. The van der Waals surface area contributed by atoms with Crippen LogP contribution in [0, 0.1) is 0 Å². The van der Waals surface area contributed by atoms with E-state index in [-0.39, 0.29) is 17.5 Å². The number of likely N-dealkylation sites (tertiary alicyclic amines) is 1. The molecular weight excluding hydrogens is 321 g/mol.